The van der Waals surface area contributed by atoms with Gasteiger partial charge in [0.05, 0.1) is 33.5 Å². The SMILES string of the molecule is CCNC(=NCCOCCOC)NCCc1ccccc1OC.I. The number of benzene rings is 1. The van der Waals surface area contributed by atoms with Crippen LogP contribution in [0.5, 0.6) is 5.75 Å². The second kappa shape index (κ2) is 15.5. The molecule has 138 valence electrons. The summed E-state index contributed by atoms with van der Waals surface area (Å²) in [6, 6.07) is 8.06. The summed E-state index contributed by atoms with van der Waals surface area (Å²) in [5, 5.41) is 6.55. The summed E-state index contributed by atoms with van der Waals surface area (Å²) in [7, 11) is 3.36. The summed E-state index contributed by atoms with van der Waals surface area (Å²) in [6.45, 7) is 6.08. The molecule has 24 heavy (non-hydrogen) atoms. The molecule has 0 aliphatic carbocycles. The van der Waals surface area contributed by atoms with Gasteiger partial charge in [-0.1, -0.05) is 18.2 Å². The first-order valence-corrected chi connectivity index (χ1v) is 8.02. The number of nitrogens with one attached hydrogen (secondary N) is 2. The quantitative estimate of drug-likeness (QED) is 0.234. The van der Waals surface area contributed by atoms with E-state index in [0.29, 0.717) is 26.4 Å². The molecule has 0 atom stereocenters. The molecule has 1 aromatic carbocycles. The summed E-state index contributed by atoms with van der Waals surface area (Å²) in [4.78, 5) is 4.48. The number of guanidine groups is 1. The number of para-hydroxylation sites is 1. The van der Waals surface area contributed by atoms with Crippen molar-refractivity contribution in [1.29, 1.82) is 0 Å². The first-order chi connectivity index (χ1) is 11.3. The Morgan fingerprint density at radius 3 is 2.58 bits per heavy atom. The lowest BCUT2D eigenvalue weighted by Gasteiger charge is -2.12. The number of rotatable bonds is 11. The molecule has 0 bridgehead atoms. The third-order valence-corrected chi connectivity index (χ3v) is 3.16. The van der Waals surface area contributed by atoms with E-state index < -0.39 is 0 Å². The van der Waals surface area contributed by atoms with E-state index in [1.165, 1.54) is 5.56 Å². The Labute approximate surface area is 162 Å². The molecule has 1 rings (SSSR count). The maximum atomic E-state index is 5.40. The topological polar surface area (TPSA) is 64.1 Å². The van der Waals surface area contributed by atoms with Gasteiger partial charge < -0.3 is 24.8 Å². The Morgan fingerprint density at radius 1 is 1.08 bits per heavy atom. The van der Waals surface area contributed by atoms with Crippen molar-refractivity contribution in [2.45, 2.75) is 13.3 Å². The van der Waals surface area contributed by atoms with Crippen molar-refractivity contribution in [3.63, 3.8) is 0 Å². The van der Waals surface area contributed by atoms with Gasteiger partial charge in [-0.3, -0.25) is 4.99 Å². The first kappa shape index (κ1) is 22.9. The van der Waals surface area contributed by atoms with E-state index in [1.807, 2.05) is 25.1 Å². The van der Waals surface area contributed by atoms with Crippen LogP contribution in [-0.4, -0.2) is 59.6 Å². The normalized spacial score (nSPS) is 10.9. The molecule has 0 saturated heterocycles. The van der Waals surface area contributed by atoms with Gasteiger partial charge in [-0.2, -0.15) is 0 Å². The van der Waals surface area contributed by atoms with Crippen molar-refractivity contribution in [3.05, 3.63) is 29.8 Å². The monoisotopic (exact) mass is 451 g/mol. The highest BCUT2D eigenvalue weighted by atomic mass is 127. The van der Waals surface area contributed by atoms with Crippen LogP contribution in [0.1, 0.15) is 12.5 Å². The zero-order valence-electron chi connectivity index (χ0n) is 14.8. The highest BCUT2D eigenvalue weighted by Gasteiger charge is 2.02. The Kier molecular flexibility index (Phi) is 14.8. The molecule has 0 amide bonds. The van der Waals surface area contributed by atoms with E-state index >= 15 is 0 Å². The van der Waals surface area contributed by atoms with Gasteiger partial charge in [0, 0.05) is 20.2 Å². The molecule has 0 aromatic heterocycles. The molecule has 0 fully saturated rings. The number of methoxy groups -OCH3 is 2. The highest BCUT2D eigenvalue weighted by molar-refractivity contribution is 14.0. The van der Waals surface area contributed by atoms with E-state index in [0.717, 1.165) is 31.2 Å². The van der Waals surface area contributed by atoms with Crippen molar-refractivity contribution in [3.8, 4) is 5.75 Å². The second-order valence-corrected chi connectivity index (χ2v) is 4.85. The van der Waals surface area contributed by atoms with Crippen LogP contribution in [0.4, 0.5) is 0 Å². The van der Waals surface area contributed by atoms with Gasteiger partial charge in [-0.25, -0.2) is 0 Å². The zero-order valence-corrected chi connectivity index (χ0v) is 17.2. The Hall–Kier alpha value is -1.06. The van der Waals surface area contributed by atoms with Crippen molar-refractivity contribution < 1.29 is 14.2 Å². The van der Waals surface area contributed by atoms with Gasteiger partial charge >= 0.3 is 0 Å². The van der Waals surface area contributed by atoms with Gasteiger partial charge in [-0.05, 0) is 25.0 Å². The Bertz CT molecular complexity index is 458. The third kappa shape index (κ3) is 9.94. The minimum atomic E-state index is 0. The predicted molar refractivity (Wildman–Crippen MR) is 109 cm³/mol. The fourth-order valence-electron chi connectivity index (χ4n) is 2.03. The molecule has 7 heteroatoms. The zero-order chi connectivity index (χ0) is 16.8. The van der Waals surface area contributed by atoms with Crippen molar-refractivity contribution in [1.82, 2.24) is 10.6 Å². The summed E-state index contributed by atoms with van der Waals surface area (Å²) in [5.41, 5.74) is 1.18. The molecule has 2 N–H and O–H groups in total. The van der Waals surface area contributed by atoms with Crippen molar-refractivity contribution in [2.24, 2.45) is 4.99 Å². The minimum Gasteiger partial charge on any atom is -0.496 e. The van der Waals surface area contributed by atoms with Crippen LogP contribution in [0.15, 0.2) is 29.3 Å². The number of hydrogen-bond donors (Lipinski definition) is 2. The van der Waals surface area contributed by atoms with Gasteiger partial charge in [-0.15, -0.1) is 24.0 Å². The first-order valence-electron chi connectivity index (χ1n) is 8.02. The molecule has 0 saturated carbocycles. The lowest BCUT2D eigenvalue weighted by molar-refractivity contribution is 0.0748. The standard InChI is InChI=1S/C17H29N3O3.HI/c1-4-18-17(20-11-12-23-14-13-21-2)19-10-9-15-7-5-6-8-16(15)22-3;/h5-8H,4,9-14H2,1-3H3,(H2,18,19,20);1H. The number of hydrogen-bond acceptors (Lipinski definition) is 4. The maximum absolute atomic E-state index is 5.40. The van der Waals surface area contributed by atoms with Gasteiger partial charge in [0.1, 0.15) is 5.75 Å². The van der Waals surface area contributed by atoms with Crippen molar-refractivity contribution in [2.75, 3.05) is 53.7 Å². The summed E-state index contributed by atoms with van der Waals surface area (Å²) < 4.78 is 15.7. The molecule has 0 radical (unpaired) electrons. The molecule has 0 aliphatic rings. The molecule has 0 heterocycles. The van der Waals surface area contributed by atoms with Crippen LogP contribution in [0.2, 0.25) is 0 Å². The summed E-state index contributed by atoms with van der Waals surface area (Å²) >= 11 is 0. The van der Waals surface area contributed by atoms with Crippen LogP contribution in [0.3, 0.4) is 0 Å². The number of ether oxygens (including phenoxy) is 3. The van der Waals surface area contributed by atoms with Crippen LogP contribution < -0.4 is 15.4 Å². The Morgan fingerprint density at radius 2 is 1.88 bits per heavy atom. The second-order valence-electron chi connectivity index (χ2n) is 4.85. The number of nitrogens with zero attached hydrogens (tertiary/aromatic N) is 1. The summed E-state index contributed by atoms with van der Waals surface area (Å²) in [6.07, 6.45) is 0.874. The van der Waals surface area contributed by atoms with E-state index in [9.17, 15) is 0 Å². The Balaban J connectivity index is 0.00000529. The fourth-order valence-corrected chi connectivity index (χ4v) is 2.03. The molecule has 6 nitrogen and oxygen atoms in total. The van der Waals surface area contributed by atoms with Crippen LogP contribution >= 0.6 is 24.0 Å². The molecular formula is C17H30IN3O3. The molecule has 0 unspecified atom stereocenters. The van der Waals surface area contributed by atoms with Crippen LogP contribution in [-0.2, 0) is 15.9 Å². The van der Waals surface area contributed by atoms with Gasteiger partial charge in [0.15, 0.2) is 5.96 Å². The fraction of sp³-hybridized carbons (Fsp3) is 0.588. The lowest BCUT2D eigenvalue weighted by atomic mass is 10.1. The molecule has 0 aliphatic heterocycles. The van der Waals surface area contributed by atoms with Crippen molar-refractivity contribution >= 4 is 29.9 Å². The van der Waals surface area contributed by atoms with E-state index in [-0.39, 0.29) is 24.0 Å². The average molecular weight is 451 g/mol. The summed E-state index contributed by atoms with van der Waals surface area (Å²) in [5.74, 6) is 1.72. The highest BCUT2D eigenvalue weighted by Crippen LogP contribution is 2.17. The molecule has 1 aromatic rings. The number of halogens is 1. The average Bonchev–Trinajstić information content (AvgIpc) is 2.58. The lowest BCUT2D eigenvalue weighted by Crippen LogP contribution is -2.38. The number of aliphatic imine (C=N–C) groups is 1. The van der Waals surface area contributed by atoms with E-state index in [1.54, 1.807) is 14.2 Å². The predicted octanol–water partition coefficient (Wildman–Crippen LogP) is 2.07. The third-order valence-electron chi connectivity index (χ3n) is 3.16. The largest absolute Gasteiger partial charge is 0.496 e. The minimum absolute atomic E-state index is 0. The van der Waals surface area contributed by atoms with Gasteiger partial charge in [0.2, 0.25) is 0 Å². The van der Waals surface area contributed by atoms with Gasteiger partial charge in [0.25, 0.3) is 0 Å². The van der Waals surface area contributed by atoms with Crippen LogP contribution in [0, 0.1) is 0 Å². The smallest absolute Gasteiger partial charge is 0.191 e. The van der Waals surface area contributed by atoms with Crippen LogP contribution in [0.25, 0.3) is 0 Å². The van der Waals surface area contributed by atoms with E-state index in [2.05, 4.69) is 21.7 Å². The molecular weight excluding hydrogens is 421 g/mol. The molecule has 0 spiro atoms. The maximum Gasteiger partial charge on any atom is 0.191 e. The van der Waals surface area contributed by atoms with E-state index in [4.69, 9.17) is 14.2 Å².